The molecule has 0 saturated heterocycles. The highest BCUT2D eigenvalue weighted by atomic mass is 16.5. The first-order valence-electron chi connectivity index (χ1n) is 7.74. The average molecular weight is 292 g/mol. The number of rotatable bonds is 7. The van der Waals surface area contributed by atoms with Gasteiger partial charge in [-0.15, -0.1) is 0 Å². The Morgan fingerprint density at radius 2 is 2.05 bits per heavy atom. The van der Waals surface area contributed by atoms with E-state index in [0.717, 1.165) is 18.5 Å². The van der Waals surface area contributed by atoms with Gasteiger partial charge in [-0.1, -0.05) is 13.8 Å². The fourth-order valence-corrected chi connectivity index (χ4v) is 2.33. The van der Waals surface area contributed by atoms with Crippen LogP contribution in [0.3, 0.4) is 0 Å². The summed E-state index contributed by atoms with van der Waals surface area (Å²) < 4.78 is 10.8. The van der Waals surface area contributed by atoms with Gasteiger partial charge in [0.25, 0.3) is 0 Å². The van der Waals surface area contributed by atoms with E-state index in [-0.39, 0.29) is 18.0 Å². The topological polar surface area (TPSA) is 61.3 Å². The molecular weight excluding hydrogens is 268 g/mol. The van der Waals surface area contributed by atoms with E-state index in [0.29, 0.717) is 30.5 Å². The molecule has 0 aliphatic heterocycles. The second-order valence-electron chi connectivity index (χ2n) is 5.64. The molecule has 1 aromatic rings. The Balaban J connectivity index is 2.33. The van der Waals surface area contributed by atoms with Crippen LogP contribution in [-0.4, -0.2) is 29.2 Å². The summed E-state index contributed by atoms with van der Waals surface area (Å²) in [6, 6.07) is 0. The second-order valence-corrected chi connectivity index (χ2v) is 5.64. The summed E-state index contributed by atoms with van der Waals surface area (Å²) in [6.45, 7) is 8.90. The van der Waals surface area contributed by atoms with E-state index in [9.17, 15) is 4.79 Å². The molecule has 21 heavy (non-hydrogen) atoms. The van der Waals surface area contributed by atoms with Crippen molar-refractivity contribution in [2.45, 2.75) is 52.6 Å². The smallest absolute Gasteiger partial charge is 0.341 e. The molecule has 0 amide bonds. The lowest BCUT2D eigenvalue weighted by molar-refractivity contribution is 0.0229. The largest absolute Gasteiger partial charge is 0.462 e. The summed E-state index contributed by atoms with van der Waals surface area (Å²) in [6.07, 6.45) is 3.61. The monoisotopic (exact) mass is 292 g/mol. The summed E-state index contributed by atoms with van der Waals surface area (Å²) in [7, 11) is 0. The molecule has 0 spiro atoms. The van der Waals surface area contributed by atoms with Crippen LogP contribution in [0.2, 0.25) is 0 Å². The SMILES string of the molecule is CCOC(=O)c1cnc(C(OCC)C(C)C)nc1C1CC1. The zero-order valence-corrected chi connectivity index (χ0v) is 13.3. The third-order valence-electron chi connectivity index (χ3n) is 3.50. The van der Waals surface area contributed by atoms with Crippen LogP contribution in [0.5, 0.6) is 0 Å². The third-order valence-corrected chi connectivity index (χ3v) is 3.50. The number of aromatic nitrogens is 2. The van der Waals surface area contributed by atoms with E-state index in [1.54, 1.807) is 13.1 Å². The molecule has 116 valence electrons. The Kier molecular flexibility index (Phi) is 5.28. The molecule has 0 radical (unpaired) electrons. The van der Waals surface area contributed by atoms with Crippen molar-refractivity contribution in [3.63, 3.8) is 0 Å². The summed E-state index contributed by atoms with van der Waals surface area (Å²) in [4.78, 5) is 21.0. The molecule has 5 heteroatoms. The Morgan fingerprint density at radius 1 is 1.33 bits per heavy atom. The molecule has 5 nitrogen and oxygen atoms in total. The van der Waals surface area contributed by atoms with Gasteiger partial charge < -0.3 is 9.47 Å². The highest BCUT2D eigenvalue weighted by Gasteiger charge is 2.32. The number of carbonyl (C=O) groups excluding carboxylic acids is 1. The van der Waals surface area contributed by atoms with Gasteiger partial charge >= 0.3 is 5.97 Å². The lowest BCUT2D eigenvalue weighted by Crippen LogP contribution is -2.18. The van der Waals surface area contributed by atoms with Crippen LogP contribution in [-0.2, 0) is 9.47 Å². The molecule has 1 fully saturated rings. The predicted octanol–water partition coefficient (Wildman–Crippen LogP) is 3.26. The molecule has 0 bridgehead atoms. The van der Waals surface area contributed by atoms with E-state index in [4.69, 9.17) is 9.47 Å². The van der Waals surface area contributed by atoms with Gasteiger partial charge in [0.15, 0.2) is 5.82 Å². The molecule has 0 N–H and O–H groups in total. The first-order valence-corrected chi connectivity index (χ1v) is 7.74. The van der Waals surface area contributed by atoms with Crippen molar-refractivity contribution >= 4 is 5.97 Å². The number of ether oxygens (including phenoxy) is 2. The Labute approximate surface area is 126 Å². The van der Waals surface area contributed by atoms with Gasteiger partial charge in [-0.3, -0.25) is 0 Å². The Bertz CT molecular complexity index is 498. The van der Waals surface area contributed by atoms with Crippen LogP contribution in [0.4, 0.5) is 0 Å². The van der Waals surface area contributed by atoms with Gasteiger partial charge in [0.2, 0.25) is 0 Å². The molecule has 1 aliphatic rings. The van der Waals surface area contributed by atoms with E-state index < -0.39 is 0 Å². The van der Waals surface area contributed by atoms with Crippen LogP contribution in [0.25, 0.3) is 0 Å². The summed E-state index contributed by atoms with van der Waals surface area (Å²) in [5.74, 6) is 0.983. The van der Waals surface area contributed by atoms with Gasteiger partial charge in [-0.2, -0.15) is 0 Å². The van der Waals surface area contributed by atoms with Crippen LogP contribution in [0.1, 0.15) is 74.4 Å². The molecule has 1 aromatic heterocycles. The normalized spacial score (nSPS) is 16.0. The van der Waals surface area contributed by atoms with Crippen molar-refractivity contribution < 1.29 is 14.3 Å². The predicted molar refractivity (Wildman–Crippen MR) is 79.2 cm³/mol. The fourth-order valence-electron chi connectivity index (χ4n) is 2.33. The summed E-state index contributed by atoms with van der Waals surface area (Å²) >= 11 is 0. The molecule has 1 atom stereocenters. The maximum Gasteiger partial charge on any atom is 0.341 e. The molecular formula is C16H24N2O3. The molecule has 2 rings (SSSR count). The second kappa shape index (κ2) is 6.98. The summed E-state index contributed by atoms with van der Waals surface area (Å²) in [5, 5.41) is 0. The molecule has 1 aliphatic carbocycles. The van der Waals surface area contributed by atoms with Gasteiger partial charge in [0, 0.05) is 18.7 Å². The lowest BCUT2D eigenvalue weighted by Gasteiger charge is -2.20. The fraction of sp³-hybridized carbons (Fsp3) is 0.688. The lowest BCUT2D eigenvalue weighted by atomic mass is 10.1. The van der Waals surface area contributed by atoms with Gasteiger partial charge in [0.1, 0.15) is 6.10 Å². The first-order chi connectivity index (χ1) is 10.1. The standard InChI is InChI=1S/C16H24N2O3/c1-5-20-14(10(3)4)15-17-9-12(16(19)21-6-2)13(18-15)11-7-8-11/h9-11,14H,5-8H2,1-4H3. The maximum atomic E-state index is 12.0. The maximum absolute atomic E-state index is 12.0. The molecule has 0 aromatic carbocycles. The quantitative estimate of drug-likeness (QED) is 0.722. The Hall–Kier alpha value is -1.49. The average Bonchev–Trinajstić information content (AvgIpc) is 3.28. The summed E-state index contributed by atoms with van der Waals surface area (Å²) in [5.41, 5.74) is 1.32. The zero-order valence-electron chi connectivity index (χ0n) is 13.3. The highest BCUT2D eigenvalue weighted by Crippen LogP contribution is 2.41. The number of hydrogen-bond acceptors (Lipinski definition) is 5. The van der Waals surface area contributed by atoms with Crippen molar-refractivity contribution in [2.24, 2.45) is 5.92 Å². The van der Waals surface area contributed by atoms with E-state index in [1.165, 1.54) is 0 Å². The minimum atomic E-state index is -0.330. The van der Waals surface area contributed by atoms with Crippen molar-refractivity contribution in [2.75, 3.05) is 13.2 Å². The number of esters is 1. The van der Waals surface area contributed by atoms with E-state index in [2.05, 4.69) is 23.8 Å². The number of carbonyl (C=O) groups is 1. The minimum absolute atomic E-state index is 0.135. The van der Waals surface area contributed by atoms with Crippen LogP contribution < -0.4 is 0 Å². The van der Waals surface area contributed by atoms with Crippen LogP contribution in [0.15, 0.2) is 6.20 Å². The highest BCUT2D eigenvalue weighted by molar-refractivity contribution is 5.90. The first kappa shape index (κ1) is 15.9. The van der Waals surface area contributed by atoms with Gasteiger partial charge in [-0.05, 0) is 32.6 Å². The van der Waals surface area contributed by atoms with E-state index >= 15 is 0 Å². The van der Waals surface area contributed by atoms with E-state index in [1.807, 2.05) is 6.92 Å². The van der Waals surface area contributed by atoms with Crippen molar-refractivity contribution in [3.05, 3.63) is 23.3 Å². The zero-order chi connectivity index (χ0) is 15.4. The van der Waals surface area contributed by atoms with Crippen molar-refractivity contribution in [1.29, 1.82) is 0 Å². The van der Waals surface area contributed by atoms with Crippen molar-refractivity contribution in [1.82, 2.24) is 9.97 Å². The molecule has 1 unspecified atom stereocenters. The number of hydrogen-bond donors (Lipinski definition) is 0. The third kappa shape index (κ3) is 3.79. The van der Waals surface area contributed by atoms with Crippen LogP contribution >= 0.6 is 0 Å². The van der Waals surface area contributed by atoms with Gasteiger partial charge in [0.05, 0.1) is 17.9 Å². The number of nitrogens with zero attached hydrogens (tertiary/aromatic N) is 2. The molecule has 1 saturated carbocycles. The Morgan fingerprint density at radius 3 is 2.57 bits per heavy atom. The van der Waals surface area contributed by atoms with Crippen molar-refractivity contribution in [3.8, 4) is 0 Å². The minimum Gasteiger partial charge on any atom is -0.462 e. The van der Waals surface area contributed by atoms with Crippen LogP contribution in [0, 0.1) is 5.92 Å². The molecule has 1 heterocycles. The van der Waals surface area contributed by atoms with Gasteiger partial charge in [-0.25, -0.2) is 14.8 Å².